The van der Waals surface area contributed by atoms with Crippen LogP contribution in [0.2, 0.25) is 0 Å². The Morgan fingerprint density at radius 3 is 2.78 bits per heavy atom. The summed E-state index contributed by atoms with van der Waals surface area (Å²) in [6.07, 6.45) is 0. The monoisotopic (exact) mass is 275 g/mol. The standard InChI is InChI=1S/C12H9N3OS2/c16-12(10-4-2-6-18-10)13-11-7-8(14-15-11)9-3-1-5-17-9/h1-7H,(H2,13,14,15,16). The van der Waals surface area contributed by atoms with Crippen LogP contribution in [-0.4, -0.2) is 16.1 Å². The number of anilines is 1. The van der Waals surface area contributed by atoms with Gasteiger partial charge in [-0.1, -0.05) is 12.1 Å². The molecule has 0 aromatic carbocycles. The van der Waals surface area contributed by atoms with Crippen molar-refractivity contribution in [3.8, 4) is 10.6 Å². The Bertz CT molecular complexity index is 641. The summed E-state index contributed by atoms with van der Waals surface area (Å²) in [7, 11) is 0. The van der Waals surface area contributed by atoms with Crippen LogP contribution < -0.4 is 5.32 Å². The molecule has 2 N–H and O–H groups in total. The molecule has 3 heterocycles. The van der Waals surface area contributed by atoms with Gasteiger partial charge in [0.1, 0.15) is 0 Å². The van der Waals surface area contributed by atoms with Crippen LogP contribution in [0.1, 0.15) is 9.67 Å². The molecule has 0 saturated carbocycles. The first-order valence-electron chi connectivity index (χ1n) is 5.27. The Morgan fingerprint density at radius 1 is 1.22 bits per heavy atom. The lowest BCUT2D eigenvalue weighted by Crippen LogP contribution is -2.10. The number of rotatable bonds is 3. The zero-order chi connectivity index (χ0) is 12.4. The predicted molar refractivity (Wildman–Crippen MR) is 74.2 cm³/mol. The van der Waals surface area contributed by atoms with Crippen LogP contribution in [0, 0.1) is 0 Å². The second-order valence-corrected chi connectivity index (χ2v) is 5.47. The molecule has 3 aromatic rings. The van der Waals surface area contributed by atoms with Crippen molar-refractivity contribution in [2.24, 2.45) is 0 Å². The Hall–Kier alpha value is -1.92. The van der Waals surface area contributed by atoms with Gasteiger partial charge in [0.25, 0.3) is 5.91 Å². The number of thiophene rings is 2. The molecule has 4 nitrogen and oxygen atoms in total. The Balaban J connectivity index is 1.76. The van der Waals surface area contributed by atoms with Gasteiger partial charge in [0.05, 0.1) is 15.4 Å². The van der Waals surface area contributed by atoms with E-state index < -0.39 is 0 Å². The number of hydrogen-bond acceptors (Lipinski definition) is 4. The summed E-state index contributed by atoms with van der Waals surface area (Å²) in [6.45, 7) is 0. The van der Waals surface area contributed by atoms with Gasteiger partial charge in [-0.15, -0.1) is 22.7 Å². The van der Waals surface area contributed by atoms with E-state index in [0.29, 0.717) is 10.7 Å². The fourth-order valence-corrected chi connectivity index (χ4v) is 2.84. The largest absolute Gasteiger partial charge is 0.304 e. The third-order valence-electron chi connectivity index (χ3n) is 2.35. The Morgan fingerprint density at radius 2 is 2.06 bits per heavy atom. The van der Waals surface area contributed by atoms with Gasteiger partial charge < -0.3 is 5.32 Å². The molecule has 0 radical (unpaired) electrons. The zero-order valence-electron chi connectivity index (χ0n) is 9.21. The molecular weight excluding hydrogens is 266 g/mol. The SMILES string of the molecule is O=C(Nc1cc(-c2cccs2)[nH]n1)c1cccs1. The molecule has 6 heteroatoms. The first-order valence-corrected chi connectivity index (χ1v) is 7.03. The van der Waals surface area contributed by atoms with E-state index in [9.17, 15) is 4.79 Å². The maximum atomic E-state index is 11.8. The van der Waals surface area contributed by atoms with Gasteiger partial charge in [-0.05, 0) is 22.9 Å². The maximum absolute atomic E-state index is 11.8. The van der Waals surface area contributed by atoms with Crippen LogP contribution in [0.4, 0.5) is 5.82 Å². The fraction of sp³-hybridized carbons (Fsp3) is 0. The summed E-state index contributed by atoms with van der Waals surface area (Å²) in [5, 5.41) is 13.6. The van der Waals surface area contributed by atoms with Crippen molar-refractivity contribution in [1.82, 2.24) is 10.2 Å². The summed E-state index contributed by atoms with van der Waals surface area (Å²) in [4.78, 5) is 13.6. The lowest BCUT2D eigenvalue weighted by molar-refractivity contribution is 0.103. The van der Waals surface area contributed by atoms with E-state index in [1.807, 2.05) is 35.0 Å². The first kappa shape index (κ1) is 11.2. The molecule has 1 amide bonds. The van der Waals surface area contributed by atoms with Crippen LogP contribution in [0.3, 0.4) is 0 Å². The minimum Gasteiger partial charge on any atom is -0.304 e. The Kier molecular flexibility index (Phi) is 2.95. The van der Waals surface area contributed by atoms with Crippen LogP contribution >= 0.6 is 22.7 Å². The summed E-state index contributed by atoms with van der Waals surface area (Å²) in [5.74, 6) is 0.408. The van der Waals surface area contributed by atoms with Crippen LogP contribution in [0.5, 0.6) is 0 Å². The maximum Gasteiger partial charge on any atom is 0.266 e. The molecule has 3 aromatic heterocycles. The third kappa shape index (κ3) is 2.20. The molecule has 0 saturated heterocycles. The minimum absolute atomic E-state index is 0.130. The molecule has 0 atom stereocenters. The van der Waals surface area contributed by atoms with Crippen LogP contribution in [-0.2, 0) is 0 Å². The van der Waals surface area contributed by atoms with E-state index >= 15 is 0 Å². The fourth-order valence-electron chi connectivity index (χ4n) is 1.53. The number of aromatic amines is 1. The smallest absolute Gasteiger partial charge is 0.266 e. The van der Waals surface area contributed by atoms with Gasteiger partial charge in [0, 0.05) is 6.07 Å². The van der Waals surface area contributed by atoms with Crippen LogP contribution in [0.25, 0.3) is 10.6 Å². The highest BCUT2D eigenvalue weighted by atomic mass is 32.1. The lowest BCUT2D eigenvalue weighted by atomic mass is 10.3. The van der Waals surface area contributed by atoms with Crippen molar-refractivity contribution in [2.45, 2.75) is 0 Å². The van der Waals surface area contributed by atoms with E-state index in [0.717, 1.165) is 10.6 Å². The van der Waals surface area contributed by atoms with Crippen molar-refractivity contribution in [2.75, 3.05) is 5.32 Å². The lowest BCUT2D eigenvalue weighted by Gasteiger charge is -1.97. The van der Waals surface area contributed by atoms with E-state index in [1.54, 1.807) is 17.4 Å². The van der Waals surface area contributed by atoms with E-state index in [1.165, 1.54) is 11.3 Å². The molecule has 0 fully saturated rings. The number of hydrogen-bond donors (Lipinski definition) is 2. The van der Waals surface area contributed by atoms with Gasteiger partial charge in [0.15, 0.2) is 5.82 Å². The summed E-state index contributed by atoms with van der Waals surface area (Å²) in [6, 6.07) is 9.44. The molecule has 90 valence electrons. The van der Waals surface area contributed by atoms with Gasteiger partial charge in [-0.2, -0.15) is 5.10 Å². The molecule has 0 aliphatic rings. The first-order chi connectivity index (χ1) is 8.83. The van der Waals surface area contributed by atoms with Gasteiger partial charge in [-0.3, -0.25) is 9.89 Å². The van der Waals surface area contributed by atoms with E-state index in [2.05, 4.69) is 15.5 Å². The highest BCUT2D eigenvalue weighted by Crippen LogP contribution is 2.24. The molecule has 3 rings (SSSR count). The van der Waals surface area contributed by atoms with E-state index in [4.69, 9.17) is 0 Å². The number of nitrogens with one attached hydrogen (secondary N) is 2. The predicted octanol–water partition coefficient (Wildman–Crippen LogP) is 3.45. The van der Waals surface area contributed by atoms with E-state index in [-0.39, 0.29) is 5.91 Å². The number of aromatic nitrogens is 2. The average Bonchev–Trinajstić information content (AvgIpc) is 3.12. The molecule has 18 heavy (non-hydrogen) atoms. The van der Waals surface area contributed by atoms with Crippen molar-refractivity contribution < 1.29 is 4.79 Å². The molecule has 0 bridgehead atoms. The summed E-state index contributed by atoms with van der Waals surface area (Å²) >= 11 is 3.03. The summed E-state index contributed by atoms with van der Waals surface area (Å²) in [5.41, 5.74) is 0.909. The molecule has 0 aliphatic heterocycles. The number of nitrogens with zero attached hydrogens (tertiary/aromatic N) is 1. The van der Waals surface area contributed by atoms with Gasteiger partial charge in [0.2, 0.25) is 0 Å². The normalized spacial score (nSPS) is 10.4. The average molecular weight is 275 g/mol. The number of amides is 1. The van der Waals surface area contributed by atoms with Crippen LogP contribution in [0.15, 0.2) is 41.1 Å². The molecule has 0 unspecified atom stereocenters. The van der Waals surface area contributed by atoms with Crippen molar-refractivity contribution >= 4 is 34.4 Å². The van der Waals surface area contributed by atoms with Crippen molar-refractivity contribution in [1.29, 1.82) is 0 Å². The van der Waals surface area contributed by atoms with Crippen molar-refractivity contribution in [3.63, 3.8) is 0 Å². The molecular formula is C12H9N3OS2. The Labute approximate surface area is 111 Å². The second kappa shape index (κ2) is 4.75. The zero-order valence-corrected chi connectivity index (χ0v) is 10.8. The number of carbonyl (C=O) groups excluding carboxylic acids is 1. The summed E-state index contributed by atoms with van der Waals surface area (Å²) < 4.78 is 0. The quantitative estimate of drug-likeness (QED) is 0.769. The number of H-pyrrole nitrogens is 1. The molecule has 0 aliphatic carbocycles. The third-order valence-corrected chi connectivity index (χ3v) is 4.12. The second-order valence-electron chi connectivity index (χ2n) is 3.58. The van der Waals surface area contributed by atoms with Gasteiger partial charge >= 0.3 is 0 Å². The van der Waals surface area contributed by atoms with Gasteiger partial charge in [-0.25, -0.2) is 0 Å². The highest BCUT2D eigenvalue weighted by Gasteiger charge is 2.10. The minimum atomic E-state index is -0.130. The topological polar surface area (TPSA) is 57.8 Å². The molecule has 0 spiro atoms. The highest BCUT2D eigenvalue weighted by molar-refractivity contribution is 7.13. The number of carbonyl (C=O) groups is 1. The van der Waals surface area contributed by atoms with Crippen molar-refractivity contribution in [3.05, 3.63) is 46.0 Å².